The first-order chi connectivity index (χ1) is 26.1. The Kier molecular flexibility index (Phi) is 20.2. The van der Waals surface area contributed by atoms with Crippen LogP contribution in [0.3, 0.4) is 0 Å². The minimum absolute atomic E-state index is 0.200. The van der Waals surface area contributed by atoms with Crippen LogP contribution in [0.4, 0.5) is 21.0 Å². The van der Waals surface area contributed by atoms with Crippen LogP contribution in [0.25, 0.3) is 0 Å². The van der Waals surface area contributed by atoms with Gasteiger partial charge in [0.1, 0.15) is 51.7 Å². The zero-order valence-corrected chi connectivity index (χ0v) is 30.2. The minimum Gasteiger partial charge on any atom is -0.462 e. The van der Waals surface area contributed by atoms with Crippen molar-refractivity contribution in [3.8, 4) is 0 Å². The predicted molar refractivity (Wildman–Crippen MR) is 194 cm³/mol. The summed E-state index contributed by atoms with van der Waals surface area (Å²) in [4.78, 5) is 84.8. The number of carbonyl (C=O) groups is 7. The normalized spacial score (nSPS) is 11.2. The van der Waals surface area contributed by atoms with Crippen molar-refractivity contribution in [2.24, 2.45) is 10.8 Å². The van der Waals surface area contributed by atoms with Crippen molar-refractivity contribution in [3.63, 3.8) is 0 Å². The van der Waals surface area contributed by atoms with Gasteiger partial charge in [0.15, 0.2) is 6.29 Å². The van der Waals surface area contributed by atoms with Gasteiger partial charge >= 0.3 is 42.0 Å². The van der Waals surface area contributed by atoms with E-state index in [1.165, 1.54) is 18.2 Å². The monoisotopic (exact) mass is 772 g/mol. The van der Waals surface area contributed by atoms with Gasteiger partial charge in [-0.05, 0) is 36.8 Å². The molecule has 0 fully saturated rings. The van der Waals surface area contributed by atoms with Crippen molar-refractivity contribution in [1.82, 2.24) is 0 Å². The second kappa shape index (κ2) is 23.9. The molecule has 1 rings (SSSR count). The van der Waals surface area contributed by atoms with E-state index < -0.39 is 112 Å². The van der Waals surface area contributed by atoms with Crippen LogP contribution in [0.2, 0.25) is 0 Å². The van der Waals surface area contributed by atoms with Gasteiger partial charge in [0.05, 0.1) is 12.0 Å². The number of amides is 2. The first-order valence-corrected chi connectivity index (χ1v) is 16.0. The lowest BCUT2D eigenvalue weighted by molar-refractivity contribution is -0.164. The molecule has 1 aromatic rings. The van der Waals surface area contributed by atoms with Gasteiger partial charge in [0, 0.05) is 41.8 Å². The fourth-order valence-electron chi connectivity index (χ4n) is 3.86. The third kappa shape index (κ3) is 17.7. The molecule has 2 amide bonds. The molecule has 1 unspecified atom stereocenters. The smallest absolute Gasteiger partial charge is 0.411 e. The fourth-order valence-corrected chi connectivity index (χ4v) is 3.86. The van der Waals surface area contributed by atoms with Crippen molar-refractivity contribution in [1.29, 1.82) is 0 Å². The lowest BCUT2D eigenvalue weighted by Crippen LogP contribution is -2.44. The standard InChI is InChI=1S/C37H44N2O16/c1-8-28(40)48-17-36(18-49-29(41)9-2,19-50-30(42)10-3)23-54-34(46)38-26-14-15-27(25(7)16-26)39-35(47)55-24-37(20-51-31(43)11-4,21-52-32(44)12-5)22-53-33(45)13-6/h8-16,31,43H,1-6,17-24H2,7H3,(H,38,46)(H,39,47). The van der Waals surface area contributed by atoms with Gasteiger partial charge in [-0.1, -0.05) is 39.5 Å². The van der Waals surface area contributed by atoms with Crippen molar-refractivity contribution >= 4 is 53.4 Å². The van der Waals surface area contributed by atoms with Crippen molar-refractivity contribution < 1.29 is 76.6 Å². The van der Waals surface area contributed by atoms with Crippen LogP contribution in [0.1, 0.15) is 5.56 Å². The van der Waals surface area contributed by atoms with E-state index in [-0.39, 0.29) is 11.4 Å². The number of hydrogen-bond donors (Lipinski definition) is 3. The second-order valence-corrected chi connectivity index (χ2v) is 11.4. The largest absolute Gasteiger partial charge is 0.462 e. The van der Waals surface area contributed by atoms with E-state index >= 15 is 0 Å². The summed E-state index contributed by atoms with van der Waals surface area (Å²) in [6.07, 6.45) is 1.99. The molecule has 0 aliphatic carbocycles. The first kappa shape index (κ1) is 46.5. The maximum Gasteiger partial charge on any atom is 0.411 e. The summed E-state index contributed by atoms with van der Waals surface area (Å²) >= 11 is 0. The van der Waals surface area contributed by atoms with Crippen LogP contribution in [-0.2, 0) is 61.9 Å². The average molecular weight is 773 g/mol. The molecule has 18 heteroatoms. The van der Waals surface area contributed by atoms with Crippen LogP contribution in [0.15, 0.2) is 94.1 Å². The Hall–Kier alpha value is -6.53. The molecule has 0 radical (unpaired) electrons. The number of aliphatic hydroxyl groups excluding tert-OH is 1. The SMILES string of the molecule is C=CC(=O)OCC(COC(=O)C=C)(COC(=O)C=C)COC(=O)Nc1ccc(NC(=O)OCC(COC(=O)C=C)(COC(=O)C=C)COC(O)C=C)c(C)c1. The first-order valence-electron chi connectivity index (χ1n) is 16.0. The third-order valence-corrected chi connectivity index (χ3v) is 6.93. The quantitative estimate of drug-likeness (QED) is 0.0425. The summed E-state index contributed by atoms with van der Waals surface area (Å²) in [6.45, 7) is 17.4. The molecule has 55 heavy (non-hydrogen) atoms. The molecule has 0 aliphatic rings. The Labute approximate surface area is 317 Å². The minimum atomic E-state index is -1.56. The Morgan fingerprint density at radius 2 is 0.927 bits per heavy atom. The Bertz CT molecular complexity index is 1530. The zero-order chi connectivity index (χ0) is 41.4. The van der Waals surface area contributed by atoms with Crippen LogP contribution in [-0.4, -0.2) is 106 Å². The Morgan fingerprint density at radius 1 is 0.582 bits per heavy atom. The van der Waals surface area contributed by atoms with Crippen molar-refractivity contribution in [3.05, 3.63) is 99.7 Å². The predicted octanol–water partition coefficient (Wildman–Crippen LogP) is 3.23. The number of anilines is 2. The summed E-state index contributed by atoms with van der Waals surface area (Å²) in [5.41, 5.74) is -2.20. The van der Waals surface area contributed by atoms with Gasteiger partial charge in [-0.3, -0.25) is 10.6 Å². The summed E-state index contributed by atoms with van der Waals surface area (Å²) < 4.78 is 41.6. The van der Waals surface area contributed by atoms with E-state index in [0.29, 0.717) is 5.56 Å². The number of aryl methyl sites for hydroxylation is 1. The molecule has 0 saturated carbocycles. The molecule has 0 saturated heterocycles. The molecule has 0 bridgehead atoms. The number of esters is 5. The zero-order valence-electron chi connectivity index (χ0n) is 30.2. The van der Waals surface area contributed by atoms with Gasteiger partial charge in [0.2, 0.25) is 0 Å². The molecule has 298 valence electrons. The molecule has 1 aromatic carbocycles. The summed E-state index contributed by atoms with van der Waals surface area (Å²) in [5.74, 6) is -4.24. The molecule has 0 aliphatic heterocycles. The molecule has 1 atom stereocenters. The third-order valence-electron chi connectivity index (χ3n) is 6.93. The fraction of sp³-hybridized carbons (Fsp3) is 0.324. The maximum atomic E-state index is 12.9. The Balaban J connectivity index is 3.11. The summed E-state index contributed by atoms with van der Waals surface area (Å²) in [6, 6.07) is 4.29. The molecule has 3 N–H and O–H groups in total. The van der Waals surface area contributed by atoms with Crippen molar-refractivity contribution in [2.75, 3.05) is 63.5 Å². The molecular weight excluding hydrogens is 728 g/mol. The number of nitrogens with one attached hydrogen (secondary N) is 2. The highest BCUT2D eigenvalue weighted by atomic mass is 16.6. The van der Waals surface area contributed by atoms with E-state index in [0.717, 1.165) is 36.5 Å². The lowest BCUT2D eigenvalue weighted by atomic mass is 9.92. The summed E-state index contributed by atoms with van der Waals surface area (Å²) in [5, 5.41) is 14.9. The van der Waals surface area contributed by atoms with Gasteiger partial charge in [-0.25, -0.2) is 33.6 Å². The van der Waals surface area contributed by atoms with Crippen molar-refractivity contribution in [2.45, 2.75) is 13.2 Å². The highest BCUT2D eigenvalue weighted by molar-refractivity contribution is 5.89. The van der Waals surface area contributed by atoms with Gasteiger partial charge in [-0.15, -0.1) is 0 Å². The van der Waals surface area contributed by atoms with E-state index in [1.807, 2.05) is 0 Å². The van der Waals surface area contributed by atoms with E-state index in [2.05, 4.69) is 50.1 Å². The molecule has 0 heterocycles. The number of ether oxygens (including phenoxy) is 8. The van der Waals surface area contributed by atoms with E-state index in [9.17, 15) is 38.7 Å². The average Bonchev–Trinajstić information content (AvgIpc) is 3.19. The summed E-state index contributed by atoms with van der Waals surface area (Å²) in [7, 11) is 0. The highest BCUT2D eigenvalue weighted by Crippen LogP contribution is 2.25. The Morgan fingerprint density at radius 3 is 1.27 bits per heavy atom. The van der Waals surface area contributed by atoms with Crippen LogP contribution >= 0.6 is 0 Å². The lowest BCUT2D eigenvalue weighted by Gasteiger charge is -2.32. The molecule has 0 aromatic heterocycles. The number of rotatable bonds is 25. The maximum absolute atomic E-state index is 12.9. The number of benzene rings is 1. The van der Waals surface area contributed by atoms with E-state index in [4.69, 9.17) is 37.9 Å². The van der Waals surface area contributed by atoms with Gasteiger partial charge < -0.3 is 43.0 Å². The molecule has 18 nitrogen and oxygen atoms in total. The van der Waals surface area contributed by atoms with Gasteiger partial charge in [0.25, 0.3) is 0 Å². The van der Waals surface area contributed by atoms with Gasteiger partial charge in [-0.2, -0.15) is 0 Å². The van der Waals surface area contributed by atoms with Crippen LogP contribution < -0.4 is 10.6 Å². The number of hydrogen-bond acceptors (Lipinski definition) is 16. The second-order valence-electron chi connectivity index (χ2n) is 11.4. The van der Waals surface area contributed by atoms with E-state index in [1.54, 1.807) is 6.92 Å². The number of carbonyl (C=O) groups excluding carboxylic acids is 7. The van der Waals surface area contributed by atoms with Crippen LogP contribution in [0.5, 0.6) is 0 Å². The number of aliphatic hydroxyl groups is 1. The topological polar surface area (TPSA) is 238 Å². The highest BCUT2D eigenvalue weighted by Gasteiger charge is 2.38. The molecule has 0 spiro atoms. The van der Waals surface area contributed by atoms with Crippen LogP contribution in [0, 0.1) is 17.8 Å². The molecular formula is C37H44N2O16.